The van der Waals surface area contributed by atoms with Crippen LogP contribution in [0.1, 0.15) is 25.5 Å². The van der Waals surface area contributed by atoms with Gasteiger partial charge in [-0.05, 0) is 19.8 Å². The number of nitrogens with one attached hydrogen (secondary N) is 1. The van der Waals surface area contributed by atoms with Gasteiger partial charge in [0, 0.05) is 65.8 Å². The molecule has 156 valence electrons. The summed E-state index contributed by atoms with van der Waals surface area (Å²) in [6, 6.07) is -0.0327. The van der Waals surface area contributed by atoms with Crippen molar-refractivity contribution in [1.29, 1.82) is 0 Å². The smallest absolute Gasteiger partial charge is 0.239 e. The molecule has 8 nitrogen and oxygen atoms in total. The minimum atomic E-state index is -0.0327. The number of thiazole rings is 1. The SMILES string of the molecule is CN=C(NCc1csc(N(C)C)n1)N1CCN(C(C)C(=O)N2CCCC2)CC1. The maximum absolute atomic E-state index is 12.7. The highest BCUT2D eigenvalue weighted by molar-refractivity contribution is 7.13. The number of guanidine groups is 1. The molecule has 28 heavy (non-hydrogen) atoms. The van der Waals surface area contributed by atoms with Crippen molar-refractivity contribution in [2.75, 3.05) is 65.3 Å². The van der Waals surface area contributed by atoms with Crippen LogP contribution in [0, 0.1) is 0 Å². The summed E-state index contributed by atoms with van der Waals surface area (Å²) in [5.74, 6) is 1.19. The van der Waals surface area contributed by atoms with Crippen LogP contribution in [0.25, 0.3) is 0 Å². The Kier molecular flexibility index (Phi) is 7.12. The van der Waals surface area contributed by atoms with E-state index in [0.717, 1.165) is 68.9 Å². The van der Waals surface area contributed by atoms with Gasteiger partial charge in [0.15, 0.2) is 11.1 Å². The number of rotatable bonds is 5. The number of aliphatic imine (C=N–C) groups is 1. The van der Waals surface area contributed by atoms with Crippen LogP contribution >= 0.6 is 11.3 Å². The molecule has 0 bridgehead atoms. The molecule has 0 aromatic carbocycles. The van der Waals surface area contributed by atoms with E-state index in [1.54, 1.807) is 11.3 Å². The van der Waals surface area contributed by atoms with Crippen LogP contribution in [0.5, 0.6) is 0 Å². The van der Waals surface area contributed by atoms with E-state index in [0.29, 0.717) is 6.54 Å². The molecular formula is C19H33N7OS. The van der Waals surface area contributed by atoms with Crippen molar-refractivity contribution in [2.45, 2.75) is 32.4 Å². The average molecular weight is 408 g/mol. The Morgan fingerprint density at radius 2 is 1.89 bits per heavy atom. The van der Waals surface area contributed by atoms with E-state index in [-0.39, 0.29) is 11.9 Å². The summed E-state index contributed by atoms with van der Waals surface area (Å²) in [4.78, 5) is 30.3. The van der Waals surface area contributed by atoms with Gasteiger partial charge in [0.1, 0.15) is 0 Å². The second-order valence-corrected chi connectivity index (χ2v) is 8.48. The van der Waals surface area contributed by atoms with Crippen molar-refractivity contribution in [3.63, 3.8) is 0 Å². The summed E-state index contributed by atoms with van der Waals surface area (Å²) < 4.78 is 0. The fraction of sp³-hybridized carbons (Fsp3) is 0.737. The molecule has 9 heteroatoms. The van der Waals surface area contributed by atoms with E-state index in [1.807, 2.05) is 37.9 Å². The third-order valence-corrected chi connectivity index (χ3v) is 6.56. The molecule has 0 aliphatic carbocycles. The van der Waals surface area contributed by atoms with E-state index in [4.69, 9.17) is 0 Å². The van der Waals surface area contributed by atoms with Crippen molar-refractivity contribution < 1.29 is 4.79 Å². The number of nitrogens with zero attached hydrogens (tertiary/aromatic N) is 6. The topological polar surface area (TPSA) is 67.3 Å². The predicted octanol–water partition coefficient (Wildman–Crippen LogP) is 0.913. The van der Waals surface area contributed by atoms with E-state index in [1.165, 1.54) is 0 Å². The van der Waals surface area contributed by atoms with Crippen molar-refractivity contribution in [1.82, 2.24) is 25.0 Å². The van der Waals surface area contributed by atoms with Gasteiger partial charge in [0.2, 0.25) is 5.91 Å². The highest BCUT2D eigenvalue weighted by Crippen LogP contribution is 2.18. The monoisotopic (exact) mass is 407 g/mol. The normalized spacial score (nSPS) is 19.8. The lowest BCUT2D eigenvalue weighted by molar-refractivity contribution is -0.135. The summed E-state index contributed by atoms with van der Waals surface area (Å²) in [6.07, 6.45) is 2.28. The van der Waals surface area contributed by atoms with Crippen LogP contribution in [0.3, 0.4) is 0 Å². The molecule has 1 atom stereocenters. The fourth-order valence-electron chi connectivity index (χ4n) is 3.76. The van der Waals surface area contributed by atoms with Gasteiger partial charge in [0.05, 0.1) is 18.3 Å². The van der Waals surface area contributed by atoms with Crippen LogP contribution in [-0.2, 0) is 11.3 Å². The van der Waals surface area contributed by atoms with Crippen LogP contribution in [0.2, 0.25) is 0 Å². The van der Waals surface area contributed by atoms with Crippen molar-refractivity contribution in [3.05, 3.63) is 11.1 Å². The molecule has 2 fully saturated rings. The van der Waals surface area contributed by atoms with Crippen LogP contribution < -0.4 is 10.2 Å². The lowest BCUT2D eigenvalue weighted by atomic mass is 10.2. The number of carbonyl (C=O) groups excluding carboxylic acids is 1. The molecule has 2 saturated heterocycles. The number of aromatic nitrogens is 1. The van der Waals surface area contributed by atoms with Gasteiger partial charge < -0.3 is 20.0 Å². The average Bonchev–Trinajstić information content (AvgIpc) is 3.40. The van der Waals surface area contributed by atoms with Gasteiger partial charge >= 0.3 is 0 Å². The van der Waals surface area contributed by atoms with Gasteiger partial charge in [-0.25, -0.2) is 4.98 Å². The zero-order valence-electron chi connectivity index (χ0n) is 17.5. The number of carbonyl (C=O) groups is 1. The molecule has 0 spiro atoms. The second-order valence-electron chi connectivity index (χ2n) is 7.65. The first-order valence-corrected chi connectivity index (χ1v) is 11.0. The molecule has 1 amide bonds. The summed E-state index contributed by atoms with van der Waals surface area (Å²) in [5.41, 5.74) is 1.03. The summed E-state index contributed by atoms with van der Waals surface area (Å²) in [7, 11) is 5.83. The molecule has 2 aliphatic heterocycles. The largest absolute Gasteiger partial charge is 0.354 e. The summed E-state index contributed by atoms with van der Waals surface area (Å²) in [6.45, 7) is 8.06. The van der Waals surface area contributed by atoms with Gasteiger partial charge in [-0.2, -0.15) is 0 Å². The summed E-state index contributed by atoms with van der Waals surface area (Å²) >= 11 is 1.65. The Morgan fingerprint density at radius 1 is 1.21 bits per heavy atom. The highest BCUT2D eigenvalue weighted by atomic mass is 32.1. The van der Waals surface area contributed by atoms with E-state index in [9.17, 15) is 4.79 Å². The van der Waals surface area contributed by atoms with Crippen molar-refractivity contribution in [3.8, 4) is 0 Å². The second kappa shape index (κ2) is 9.56. The van der Waals surface area contributed by atoms with E-state index >= 15 is 0 Å². The van der Waals surface area contributed by atoms with Gasteiger partial charge in [-0.1, -0.05) is 0 Å². The van der Waals surface area contributed by atoms with E-state index in [2.05, 4.69) is 30.5 Å². The lowest BCUT2D eigenvalue weighted by Crippen LogP contribution is -2.57. The zero-order chi connectivity index (χ0) is 20.1. The minimum absolute atomic E-state index is 0.0327. The molecule has 1 aromatic heterocycles. The Balaban J connectivity index is 1.47. The third-order valence-electron chi connectivity index (χ3n) is 5.50. The lowest BCUT2D eigenvalue weighted by Gasteiger charge is -2.39. The maximum Gasteiger partial charge on any atom is 0.239 e. The fourth-order valence-corrected chi connectivity index (χ4v) is 4.52. The standard InChI is InChI=1S/C19H33N7OS/c1-15(17(27)25-7-5-6-8-25)24-9-11-26(12-10-24)18(20-2)21-13-16-14-28-19(22-16)23(3)4/h14-15H,5-13H2,1-4H3,(H,20,21). The van der Waals surface area contributed by atoms with Gasteiger partial charge in [0.25, 0.3) is 0 Å². The number of hydrogen-bond acceptors (Lipinski definition) is 6. The summed E-state index contributed by atoms with van der Waals surface area (Å²) in [5, 5.41) is 6.52. The van der Waals surface area contributed by atoms with Crippen LogP contribution in [-0.4, -0.2) is 98.0 Å². The maximum atomic E-state index is 12.7. The molecule has 1 N–H and O–H groups in total. The highest BCUT2D eigenvalue weighted by Gasteiger charge is 2.30. The Bertz CT molecular complexity index is 676. The molecule has 2 aliphatic rings. The molecule has 0 saturated carbocycles. The molecule has 3 heterocycles. The minimum Gasteiger partial charge on any atom is -0.354 e. The molecule has 1 aromatic rings. The van der Waals surface area contributed by atoms with Crippen molar-refractivity contribution in [2.24, 2.45) is 4.99 Å². The number of piperazine rings is 1. The van der Waals surface area contributed by atoms with E-state index < -0.39 is 0 Å². The quantitative estimate of drug-likeness (QED) is 0.578. The molecule has 3 rings (SSSR count). The van der Waals surface area contributed by atoms with Gasteiger partial charge in [-0.3, -0.25) is 14.7 Å². The third kappa shape index (κ3) is 4.94. The predicted molar refractivity (Wildman–Crippen MR) is 115 cm³/mol. The molecular weight excluding hydrogens is 374 g/mol. The van der Waals surface area contributed by atoms with Crippen LogP contribution in [0.15, 0.2) is 10.4 Å². The first-order valence-electron chi connectivity index (χ1n) is 10.1. The Morgan fingerprint density at radius 3 is 2.46 bits per heavy atom. The zero-order valence-corrected chi connectivity index (χ0v) is 18.3. The van der Waals surface area contributed by atoms with Gasteiger partial charge in [-0.15, -0.1) is 11.3 Å². The van der Waals surface area contributed by atoms with Crippen molar-refractivity contribution >= 4 is 28.3 Å². The number of hydrogen-bond donors (Lipinski definition) is 1. The first-order chi connectivity index (χ1) is 13.5. The number of amides is 1. The first kappa shape index (κ1) is 20.9. The molecule has 0 radical (unpaired) electrons. The molecule has 1 unspecified atom stereocenters. The van der Waals surface area contributed by atoms with Crippen LogP contribution in [0.4, 0.5) is 5.13 Å². The number of likely N-dealkylation sites (tertiary alicyclic amines) is 1. The number of anilines is 1. The Hall–Kier alpha value is -1.87. The Labute approximate surface area is 172 Å².